The molecule has 0 bridgehead atoms. The van der Waals surface area contributed by atoms with Gasteiger partial charge in [0.05, 0.1) is 38.5 Å². The van der Waals surface area contributed by atoms with Crippen LogP contribution in [0.2, 0.25) is 10.0 Å². The van der Waals surface area contributed by atoms with Gasteiger partial charge in [-0.25, -0.2) is 8.42 Å². The number of aromatic nitrogens is 1. The number of nitrogens with two attached hydrogens (primary N) is 1. The molecule has 1 unspecified atom stereocenters. The van der Waals surface area contributed by atoms with Gasteiger partial charge in [0.25, 0.3) is 15.9 Å². The van der Waals surface area contributed by atoms with Crippen molar-refractivity contribution in [2.75, 3.05) is 16.6 Å². The van der Waals surface area contributed by atoms with E-state index in [0.717, 1.165) is 0 Å². The minimum atomic E-state index is -4.06. The van der Waals surface area contributed by atoms with Gasteiger partial charge in [-0.2, -0.15) is 0 Å². The largest absolute Gasteiger partial charge is 0.493 e. The molecule has 1 heterocycles. The molecule has 12 heteroatoms. The Kier molecular flexibility index (Phi) is 10.2. The summed E-state index contributed by atoms with van der Waals surface area (Å²) in [5.74, 6) is -0.763. The number of primary amides is 1. The minimum Gasteiger partial charge on any atom is -0.493 e. The average molecular weight is 656 g/mol. The monoisotopic (exact) mass is 654 g/mol. The van der Waals surface area contributed by atoms with Crippen molar-refractivity contribution in [3.63, 3.8) is 0 Å². The van der Waals surface area contributed by atoms with Crippen LogP contribution in [0.5, 0.6) is 5.75 Å². The SMILES string of the molecule is CC(CC(C)(C)COc1cccc(NS(=O)(=O)c2ccc(C(=O)Nc3ccc(Cl)c(-c4ccccn4)c3)c(Cl)c2)c1)C(N)=O. The molecule has 2 amide bonds. The van der Waals surface area contributed by atoms with Crippen molar-refractivity contribution >= 4 is 56.4 Å². The number of hydrogen-bond acceptors (Lipinski definition) is 6. The van der Waals surface area contributed by atoms with Crippen LogP contribution >= 0.6 is 23.2 Å². The maximum atomic E-state index is 13.2. The van der Waals surface area contributed by atoms with Crippen molar-refractivity contribution < 1.29 is 22.7 Å². The lowest BCUT2D eigenvalue weighted by Crippen LogP contribution is -2.30. The molecule has 1 atom stereocenters. The molecular weight excluding hydrogens is 623 g/mol. The number of carbonyl (C=O) groups is 2. The first-order valence-corrected chi connectivity index (χ1v) is 15.8. The number of hydrogen-bond donors (Lipinski definition) is 3. The van der Waals surface area contributed by atoms with Gasteiger partial charge in [-0.1, -0.05) is 56.1 Å². The maximum Gasteiger partial charge on any atom is 0.261 e. The summed E-state index contributed by atoms with van der Waals surface area (Å²) in [7, 11) is -4.06. The fourth-order valence-electron chi connectivity index (χ4n) is 4.50. The Morgan fingerprint density at radius 3 is 2.41 bits per heavy atom. The number of sulfonamides is 1. The Hall–Kier alpha value is -4.12. The molecule has 230 valence electrons. The van der Waals surface area contributed by atoms with Crippen molar-refractivity contribution in [2.24, 2.45) is 17.1 Å². The van der Waals surface area contributed by atoms with Crippen LogP contribution in [0.3, 0.4) is 0 Å². The van der Waals surface area contributed by atoms with Gasteiger partial charge in [-0.05, 0) is 72.5 Å². The highest BCUT2D eigenvalue weighted by atomic mass is 35.5. The normalized spacial score (nSPS) is 12.3. The molecule has 0 fully saturated rings. The van der Waals surface area contributed by atoms with Gasteiger partial charge in [-0.3, -0.25) is 19.3 Å². The second kappa shape index (κ2) is 13.7. The summed E-state index contributed by atoms with van der Waals surface area (Å²) in [6, 6.07) is 20.8. The number of anilines is 2. The van der Waals surface area contributed by atoms with Crippen LogP contribution in [0.1, 0.15) is 37.6 Å². The molecule has 0 aliphatic rings. The molecule has 4 rings (SSSR count). The Morgan fingerprint density at radius 2 is 1.73 bits per heavy atom. The number of halogens is 2. The number of nitrogens with zero attached hydrogens (tertiary/aromatic N) is 1. The van der Waals surface area contributed by atoms with Gasteiger partial charge in [0.2, 0.25) is 5.91 Å². The van der Waals surface area contributed by atoms with Crippen LogP contribution < -0.4 is 20.5 Å². The zero-order valence-corrected chi connectivity index (χ0v) is 26.6. The quantitative estimate of drug-likeness (QED) is 0.150. The van der Waals surface area contributed by atoms with E-state index in [-0.39, 0.29) is 38.4 Å². The number of carbonyl (C=O) groups excluding carboxylic acids is 2. The minimum absolute atomic E-state index is 0.0474. The molecule has 0 saturated carbocycles. The topological polar surface area (TPSA) is 140 Å². The molecule has 4 N–H and O–H groups in total. The smallest absolute Gasteiger partial charge is 0.261 e. The third kappa shape index (κ3) is 8.49. The first kappa shape index (κ1) is 32.8. The van der Waals surface area contributed by atoms with E-state index in [9.17, 15) is 18.0 Å². The number of benzene rings is 3. The predicted molar refractivity (Wildman–Crippen MR) is 174 cm³/mol. The average Bonchev–Trinajstić information content (AvgIpc) is 2.97. The summed E-state index contributed by atoms with van der Waals surface area (Å²) in [6.07, 6.45) is 2.18. The number of rotatable bonds is 12. The Bertz CT molecular complexity index is 1780. The van der Waals surface area contributed by atoms with Crippen molar-refractivity contribution in [1.82, 2.24) is 4.98 Å². The molecule has 44 heavy (non-hydrogen) atoms. The second-order valence-corrected chi connectivity index (χ2v) is 13.6. The van der Waals surface area contributed by atoms with Gasteiger partial charge in [0.1, 0.15) is 5.75 Å². The van der Waals surface area contributed by atoms with Gasteiger partial charge < -0.3 is 15.8 Å². The number of pyridine rings is 1. The van der Waals surface area contributed by atoms with Crippen molar-refractivity contribution in [3.05, 3.63) is 101 Å². The summed E-state index contributed by atoms with van der Waals surface area (Å²) in [5.41, 5.74) is 7.15. The zero-order chi connectivity index (χ0) is 32.1. The van der Waals surface area contributed by atoms with Gasteiger partial charge in [0, 0.05) is 29.4 Å². The summed E-state index contributed by atoms with van der Waals surface area (Å²) in [5, 5.41) is 3.19. The molecule has 0 spiro atoms. The van der Waals surface area contributed by atoms with Crippen LogP contribution in [-0.4, -0.2) is 31.8 Å². The van der Waals surface area contributed by atoms with E-state index < -0.39 is 15.9 Å². The predicted octanol–water partition coefficient (Wildman–Crippen LogP) is 7.03. The van der Waals surface area contributed by atoms with Crippen molar-refractivity contribution in [3.8, 4) is 17.0 Å². The van der Waals surface area contributed by atoms with Gasteiger partial charge >= 0.3 is 0 Å². The molecular formula is C32H32Cl2N4O5S. The van der Waals surface area contributed by atoms with E-state index >= 15 is 0 Å². The molecule has 1 aromatic heterocycles. The third-order valence-corrected chi connectivity index (χ3v) is 8.74. The van der Waals surface area contributed by atoms with Crippen LogP contribution in [0.15, 0.2) is 90.0 Å². The summed E-state index contributed by atoms with van der Waals surface area (Å²) < 4.78 is 34.8. The number of amides is 2. The lowest BCUT2D eigenvalue weighted by molar-refractivity contribution is -0.122. The molecule has 4 aromatic rings. The van der Waals surface area contributed by atoms with E-state index in [2.05, 4.69) is 15.0 Å². The Balaban J connectivity index is 1.44. The highest BCUT2D eigenvalue weighted by Crippen LogP contribution is 2.31. The first-order chi connectivity index (χ1) is 20.7. The highest BCUT2D eigenvalue weighted by Gasteiger charge is 2.25. The fraction of sp³-hybridized carbons (Fsp3) is 0.219. The number of nitrogens with one attached hydrogen (secondary N) is 2. The molecule has 0 aliphatic heterocycles. The van der Waals surface area contributed by atoms with Crippen LogP contribution in [0, 0.1) is 11.3 Å². The van der Waals surface area contributed by atoms with Crippen LogP contribution in [-0.2, 0) is 14.8 Å². The molecule has 9 nitrogen and oxygen atoms in total. The van der Waals surface area contributed by atoms with Gasteiger partial charge in [-0.15, -0.1) is 0 Å². The Morgan fingerprint density at radius 1 is 0.955 bits per heavy atom. The third-order valence-electron chi connectivity index (χ3n) is 6.72. The van der Waals surface area contributed by atoms with Crippen molar-refractivity contribution in [2.45, 2.75) is 32.1 Å². The Labute approximate surface area is 266 Å². The molecule has 3 aromatic carbocycles. The standard InChI is InChI=1S/C32H32Cl2N4O5S/c1-20(30(35)39)18-32(2,3)19-43-23-8-6-7-22(15-23)38-44(41,42)24-11-12-25(28(34)17-24)31(40)37-21-10-13-27(33)26(16-21)29-9-4-5-14-36-29/h4-17,20,38H,18-19H2,1-3H3,(H2,35,39)(H,37,40). The van der Waals surface area contributed by atoms with Gasteiger partial charge in [0.15, 0.2) is 0 Å². The zero-order valence-electron chi connectivity index (χ0n) is 24.3. The lowest BCUT2D eigenvalue weighted by atomic mass is 9.84. The van der Waals surface area contributed by atoms with Crippen LogP contribution in [0.4, 0.5) is 11.4 Å². The summed E-state index contributed by atoms with van der Waals surface area (Å²) in [4.78, 5) is 28.6. The lowest BCUT2D eigenvalue weighted by Gasteiger charge is -2.27. The van der Waals surface area contributed by atoms with Crippen molar-refractivity contribution in [1.29, 1.82) is 0 Å². The van der Waals surface area contributed by atoms with E-state index in [4.69, 9.17) is 33.7 Å². The van der Waals surface area contributed by atoms with Crippen LogP contribution in [0.25, 0.3) is 11.3 Å². The van der Waals surface area contributed by atoms with E-state index in [1.807, 2.05) is 19.9 Å². The highest BCUT2D eigenvalue weighted by molar-refractivity contribution is 7.92. The number of ether oxygens (including phenoxy) is 1. The first-order valence-electron chi connectivity index (χ1n) is 13.6. The van der Waals surface area contributed by atoms with E-state index in [1.165, 1.54) is 18.2 Å². The fourth-order valence-corrected chi connectivity index (χ4v) is 6.12. The van der Waals surface area contributed by atoms with E-state index in [1.54, 1.807) is 67.7 Å². The second-order valence-electron chi connectivity index (χ2n) is 11.1. The summed E-state index contributed by atoms with van der Waals surface area (Å²) >= 11 is 12.7. The molecule has 0 saturated heterocycles. The summed E-state index contributed by atoms with van der Waals surface area (Å²) in [6.45, 7) is 5.98. The molecule has 0 aliphatic carbocycles. The molecule has 0 radical (unpaired) electrons. The maximum absolute atomic E-state index is 13.2. The van der Waals surface area contributed by atoms with E-state index in [0.29, 0.717) is 40.7 Å².